The Morgan fingerprint density at radius 2 is 1.76 bits per heavy atom. The van der Waals surface area contributed by atoms with Gasteiger partial charge in [0, 0.05) is 0 Å². The van der Waals surface area contributed by atoms with E-state index in [1.807, 2.05) is 30.3 Å². The van der Waals surface area contributed by atoms with Crippen LogP contribution < -0.4 is 10.6 Å². The first kappa shape index (κ1) is 15.5. The van der Waals surface area contributed by atoms with Crippen molar-refractivity contribution >= 4 is 23.2 Å². The van der Waals surface area contributed by atoms with Gasteiger partial charge in [0.15, 0.2) is 0 Å². The molecular formula is C16H17ClN2O2. The summed E-state index contributed by atoms with van der Waals surface area (Å²) in [6.07, 6.45) is 0. The number of carbonyl (C=O) groups is 1. The number of anilines is 1. The number of aliphatic hydroxyl groups excluding tert-OH is 1. The van der Waals surface area contributed by atoms with E-state index in [9.17, 15) is 9.90 Å². The van der Waals surface area contributed by atoms with Gasteiger partial charge in [-0.1, -0.05) is 54.1 Å². The van der Waals surface area contributed by atoms with Crippen LogP contribution in [0.25, 0.3) is 0 Å². The van der Waals surface area contributed by atoms with Crippen molar-refractivity contribution in [3.8, 4) is 0 Å². The zero-order valence-corrected chi connectivity index (χ0v) is 12.2. The van der Waals surface area contributed by atoms with Gasteiger partial charge in [0.1, 0.15) is 0 Å². The molecule has 2 rings (SSSR count). The Morgan fingerprint density at radius 1 is 1.10 bits per heavy atom. The van der Waals surface area contributed by atoms with Gasteiger partial charge in [0.25, 0.3) is 0 Å². The van der Waals surface area contributed by atoms with E-state index in [2.05, 4.69) is 10.6 Å². The fraction of sp³-hybridized carbons (Fsp3) is 0.188. The molecule has 0 heterocycles. The van der Waals surface area contributed by atoms with E-state index in [0.29, 0.717) is 10.7 Å². The molecule has 0 fully saturated rings. The highest BCUT2D eigenvalue weighted by atomic mass is 35.5. The molecule has 1 amide bonds. The van der Waals surface area contributed by atoms with Gasteiger partial charge in [-0.2, -0.15) is 0 Å². The Morgan fingerprint density at radius 3 is 2.43 bits per heavy atom. The number of hydrogen-bond acceptors (Lipinski definition) is 3. The number of benzene rings is 2. The second-order valence-electron chi connectivity index (χ2n) is 4.55. The summed E-state index contributed by atoms with van der Waals surface area (Å²) in [5, 5.41) is 15.7. The fourth-order valence-electron chi connectivity index (χ4n) is 1.95. The Kier molecular flexibility index (Phi) is 5.75. The number of nitrogens with one attached hydrogen (secondary N) is 2. The van der Waals surface area contributed by atoms with Gasteiger partial charge in [-0.15, -0.1) is 0 Å². The third-order valence-corrected chi connectivity index (χ3v) is 3.37. The average molecular weight is 305 g/mol. The van der Waals surface area contributed by atoms with E-state index in [1.165, 1.54) is 0 Å². The second kappa shape index (κ2) is 7.78. The minimum Gasteiger partial charge on any atom is -0.394 e. The lowest BCUT2D eigenvalue weighted by atomic mass is 10.1. The number of carbonyl (C=O) groups excluding carboxylic acids is 1. The van der Waals surface area contributed by atoms with Crippen molar-refractivity contribution in [3.05, 3.63) is 65.2 Å². The van der Waals surface area contributed by atoms with Crippen LogP contribution in [0.3, 0.4) is 0 Å². The first-order chi connectivity index (χ1) is 10.2. The van der Waals surface area contributed by atoms with E-state index < -0.39 is 0 Å². The predicted octanol–water partition coefficient (Wildman–Crippen LogP) is 2.60. The molecule has 0 radical (unpaired) electrons. The van der Waals surface area contributed by atoms with Crippen LogP contribution in [0.5, 0.6) is 0 Å². The average Bonchev–Trinajstić information content (AvgIpc) is 2.51. The Bertz CT molecular complexity index is 590. The fourth-order valence-corrected chi connectivity index (χ4v) is 2.13. The SMILES string of the molecule is O=C(CNC(CO)c1ccccc1)Nc1ccccc1Cl. The van der Waals surface area contributed by atoms with E-state index in [1.54, 1.807) is 24.3 Å². The van der Waals surface area contributed by atoms with E-state index in [-0.39, 0.29) is 25.1 Å². The van der Waals surface area contributed by atoms with Crippen molar-refractivity contribution in [1.29, 1.82) is 0 Å². The highest BCUT2D eigenvalue weighted by Crippen LogP contribution is 2.20. The van der Waals surface area contributed by atoms with Crippen LogP contribution >= 0.6 is 11.6 Å². The zero-order chi connectivity index (χ0) is 15.1. The van der Waals surface area contributed by atoms with Crippen molar-refractivity contribution in [2.45, 2.75) is 6.04 Å². The molecule has 1 unspecified atom stereocenters. The molecule has 5 heteroatoms. The molecule has 0 saturated heterocycles. The van der Waals surface area contributed by atoms with Crippen LogP contribution in [0.15, 0.2) is 54.6 Å². The van der Waals surface area contributed by atoms with Crippen LogP contribution in [0.4, 0.5) is 5.69 Å². The van der Waals surface area contributed by atoms with Crippen LogP contribution in [0.2, 0.25) is 5.02 Å². The number of halogens is 1. The summed E-state index contributed by atoms with van der Waals surface area (Å²) in [7, 11) is 0. The van der Waals surface area contributed by atoms with E-state index in [0.717, 1.165) is 5.56 Å². The predicted molar refractivity (Wildman–Crippen MR) is 84.4 cm³/mol. The quantitative estimate of drug-likeness (QED) is 0.769. The molecule has 2 aromatic carbocycles. The van der Waals surface area contributed by atoms with E-state index in [4.69, 9.17) is 11.6 Å². The Hall–Kier alpha value is -1.88. The summed E-state index contributed by atoms with van der Waals surface area (Å²) in [4.78, 5) is 11.9. The van der Waals surface area contributed by atoms with Gasteiger partial charge in [-0.05, 0) is 17.7 Å². The minimum atomic E-state index is -0.275. The van der Waals surface area contributed by atoms with Crippen molar-refractivity contribution in [3.63, 3.8) is 0 Å². The summed E-state index contributed by atoms with van der Waals surface area (Å²) < 4.78 is 0. The normalized spacial score (nSPS) is 11.9. The highest BCUT2D eigenvalue weighted by Gasteiger charge is 2.12. The summed E-state index contributed by atoms with van der Waals surface area (Å²) in [6, 6.07) is 16.3. The summed E-state index contributed by atoms with van der Waals surface area (Å²) in [5.41, 5.74) is 1.51. The molecular weight excluding hydrogens is 288 g/mol. The maximum atomic E-state index is 11.9. The molecule has 1 atom stereocenters. The van der Waals surface area contributed by atoms with Crippen molar-refractivity contribution in [2.24, 2.45) is 0 Å². The van der Waals surface area contributed by atoms with Gasteiger partial charge < -0.3 is 10.4 Å². The largest absolute Gasteiger partial charge is 0.394 e. The van der Waals surface area contributed by atoms with Gasteiger partial charge in [0.2, 0.25) is 5.91 Å². The van der Waals surface area contributed by atoms with Gasteiger partial charge in [-0.25, -0.2) is 0 Å². The lowest BCUT2D eigenvalue weighted by Gasteiger charge is -2.16. The third-order valence-electron chi connectivity index (χ3n) is 3.04. The Balaban J connectivity index is 1.90. The number of aliphatic hydroxyl groups is 1. The van der Waals surface area contributed by atoms with Gasteiger partial charge in [-0.3, -0.25) is 10.1 Å². The molecule has 0 aliphatic rings. The van der Waals surface area contributed by atoms with E-state index >= 15 is 0 Å². The molecule has 0 aromatic heterocycles. The van der Waals surface area contributed by atoms with Crippen LogP contribution in [-0.2, 0) is 4.79 Å². The monoisotopic (exact) mass is 304 g/mol. The van der Waals surface area contributed by atoms with Crippen LogP contribution in [-0.4, -0.2) is 24.2 Å². The summed E-state index contributed by atoms with van der Waals surface area (Å²) in [6.45, 7) is 0.00866. The molecule has 3 N–H and O–H groups in total. The van der Waals surface area contributed by atoms with Crippen molar-refractivity contribution in [2.75, 3.05) is 18.5 Å². The second-order valence-corrected chi connectivity index (χ2v) is 4.96. The standard InChI is InChI=1S/C16H17ClN2O2/c17-13-8-4-5-9-14(13)19-16(21)10-18-15(11-20)12-6-2-1-3-7-12/h1-9,15,18,20H,10-11H2,(H,19,21). The third kappa shape index (κ3) is 4.56. The van der Waals surface area contributed by atoms with Crippen molar-refractivity contribution in [1.82, 2.24) is 5.32 Å². The maximum absolute atomic E-state index is 11.9. The lowest BCUT2D eigenvalue weighted by molar-refractivity contribution is -0.115. The summed E-state index contributed by atoms with van der Waals surface area (Å²) in [5.74, 6) is -0.211. The molecule has 4 nitrogen and oxygen atoms in total. The van der Waals surface area contributed by atoms with Gasteiger partial charge in [0.05, 0.1) is 29.9 Å². The first-order valence-corrected chi connectivity index (χ1v) is 7.02. The van der Waals surface area contributed by atoms with Crippen molar-refractivity contribution < 1.29 is 9.90 Å². The molecule has 21 heavy (non-hydrogen) atoms. The smallest absolute Gasteiger partial charge is 0.238 e. The minimum absolute atomic E-state index is 0.0800. The molecule has 0 spiro atoms. The molecule has 0 bridgehead atoms. The molecule has 0 aliphatic carbocycles. The first-order valence-electron chi connectivity index (χ1n) is 6.64. The maximum Gasteiger partial charge on any atom is 0.238 e. The summed E-state index contributed by atoms with van der Waals surface area (Å²) >= 11 is 5.98. The molecule has 2 aromatic rings. The van der Waals surface area contributed by atoms with Gasteiger partial charge >= 0.3 is 0 Å². The zero-order valence-electron chi connectivity index (χ0n) is 11.4. The molecule has 0 saturated carbocycles. The Labute approximate surface area is 128 Å². The molecule has 0 aliphatic heterocycles. The van der Waals surface area contributed by atoms with Crippen LogP contribution in [0.1, 0.15) is 11.6 Å². The number of hydrogen-bond donors (Lipinski definition) is 3. The van der Waals surface area contributed by atoms with Crippen LogP contribution in [0, 0.1) is 0 Å². The highest BCUT2D eigenvalue weighted by molar-refractivity contribution is 6.33. The number of amides is 1. The topological polar surface area (TPSA) is 61.4 Å². The number of para-hydroxylation sites is 1. The number of rotatable bonds is 6. The molecule has 110 valence electrons. The lowest BCUT2D eigenvalue weighted by Crippen LogP contribution is -2.33.